The highest BCUT2D eigenvalue weighted by Gasteiger charge is 2.21. The van der Waals surface area contributed by atoms with Crippen molar-refractivity contribution < 1.29 is 17.9 Å². The quantitative estimate of drug-likeness (QED) is 0.371. The molecule has 12 heteroatoms. The molecule has 0 aliphatic carbocycles. The number of rotatable bonds is 8. The molecule has 0 fully saturated rings. The van der Waals surface area contributed by atoms with E-state index in [0.29, 0.717) is 46.3 Å². The van der Waals surface area contributed by atoms with Gasteiger partial charge in [0.2, 0.25) is 16.8 Å². The van der Waals surface area contributed by atoms with E-state index in [-0.39, 0.29) is 19.2 Å². The van der Waals surface area contributed by atoms with Crippen LogP contribution in [0, 0.1) is 12.3 Å². The summed E-state index contributed by atoms with van der Waals surface area (Å²) in [7, 11) is -3.34. The molecule has 3 aromatic rings. The number of ether oxygens (including phenoxy) is 2. The fraction of sp³-hybridized carbons (Fsp3) is 0.350. The van der Waals surface area contributed by atoms with E-state index in [2.05, 4.69) is 25.6 Å². The van der Waals surface area contributed by atoms with E-state index in [1.807, 2.05) is 10.6 Å². The van der Waals surface area contributed by atoms with E-state index in [1.165, 1.54) is 18.1 Å². The van der Waals surface area contributed by atoms with Crippen LogP contribution in [-0.4, -0.2) is 46.5 Å². The lowest BCUT2D eigenvalue weighted by Crippen LogP contribution is -2.31. The Morgan fingerprint density at radius 3 is 2.78 bits per heavy atom. The number of aryl methyl sites for hydroxylation is 1. The van der Waals surface area contributed by atoms with E-state index in [0.717, 1.165) is 4.90 Å². The van der Waals surface area contributed by atoms with E-state index >= 15 is 0 Å². The zero-order valence-electron chi connectivity index (χ0n) is 17.5. The summed E-state index contributed by atoms with van der Waals surface area (Å²) in [6.07, 6.45) is 7.60. The molecule has 0 atom stereocenters. The fourth-order valence-electron chi connectivity index (χ4n) is 3.05. The Labute approximate surface area is 190 Å². The Morgan fingerprint density at radius 2 is 2.06 bits per heavy atom. The molecule has 32 heavy (non-hydrogen) atoms. The number of benzene rings is 1. The van der Waals surface area contributed by atoms with Gasteiger partial charge in [-0.15, -0.1) is 6.42 Å². The Hall–Kier alpha value is -3.01. The lowest BCUT2D eigenvalue weighted by molar-refractivity contribution is 0.174. The highest BCUT2D eigenvalue weighted by Crippen LogP contribution is 2.41. The standard InChI is InChI=1S/C20H22N6O4S2/c1-4-13-8-14-15(30-11-29-14)9-16(13)31-20-25-17-18(21)22-10-23-19(17)26(20)7-5-6-24-32(27,28)12(2)3/h1,8-10,12,24H,5-7,11H2,2-3H3,(H2,21,22,23). The molecule has 0 amide bonds. The van der Waals surface area contributed by atoms with Crippen molar-refractivity contribution in [2.45, 2.75) is 42.1 Å². The van der Waals surface area contributed by atoms with Crippen LogP contribution in [0.15, 0.2) is 28.5 Å². The number of hydrogen-bond donors (Lipinski definition) is 2. The number of fused-ring (bicyclic) bond motifs is 2. The second kappa shape index (κ2) is 8.85. The minimum absolute atomic E-state index is 0.143. The summed E-state index contributed by atoms with van der Waals surface area (Å²) in [5, 5.41) is 0.109. The van der Waals surface area contributed by atoms with Gasteiger partial charge in [0.15, 0.2) is 33.6 Å². The van der Waals surface area contributed by atoms with Crippen molar-refractivity contribution in [3.05, 3.63) is 24.0 Å². The SMILES string of the molecule is C#Cc1cc2c(cc1Sc1nc3c(N)ncnc3n1CCCNS(=O)(=O)C(C)C)OCO2. The van der Waals surface area contributed by atoms with Crippen LogP contribution in [0.25, 0.3) is 11.2 Å². The average molecular weight is 475 g/mol. The molecule has 10 nitrogen and oxygen atoms in total. The van der Waals surface area contributed by atoms with Gasteiger partial charge in [0.25, 0.3) is 0 Å². The topological polar surface area (TPSA) is 134 Å². The van der Waals surface area contributed by atoms with E-state index in [4.69, 9.17) is 21.6 Å². The average Bonchev–Trinajstić information content (AvgIpc) is 3.35. The van der Waals surface area contributed by atoms with Crippen molar-refractivity contribution in [1.29, 1.82) is 0 Å². The van der Waals surface area contributed by atoms with Crippen molar-refractivity contribution >= 4 is 38.8 Å². The van der Waals surface area contributed by atoms with Gasteiger partial charge in [0, 0.05) is 29.6 Å². The molecule has 168 valence electrons. The van der Waals surface area contributed by atoms with Crippen LogP contribution in [0.4, 0.5) is 5.82 Å². The van der Waals surface area contributed by atoms with Crippen LogP contribution in [0.1, 0.15) is 25.8 Å². The predicted octanol–water partition coefficient (Wildman–Crippen LogP) is 1.99. The molecule has 1 aliphatic rings. The summed E-state index contributed by atoms with van der Waals surface area (Å²) in [5.41, 5.74) is 7.69. The Bertz CT molecular complexity index is 1310. The van der Waals surface area contributed by atoms with Crippen LogP contribution >= 0.6 is 11.8 Å². The summed E-state index contributed by atoms with van der Waals surface area (Å²) >= 11 is 1.35. The van der Waals surface area contributed by atoms with Crippen molar-refractivity contribution in [3.63, 3.8) is 0 Å². The molecule has 0 saturated carbocycles. The van der Waals surface area contributed by atoms with Gasteiger partial charge >= 0.3 is 0 Å². The van der Waals surface area contributed by atoms with Crippen LogP contribution in [-0.2, 0) is 16.6 Å². The summed E-state index contributed by atoms with van der Waals surface area (Å²) < 4.78 is 39.4. The first-order valence-corrected chi connectivity index (χ1v) is 12.2. The highest BCUT2D eigenvalue weighted by atomic mass is 32.2. The number of nitrogen functional groups attached to an aromatic ring is 1. The molecule has 0 radical (unpaired) electrons. The Morgan fingerprint density at radius 1 is 1.31 bits per heavy atom. The molecule has 4 rings (SSSR count). The van der Waals surface area contributed by atoms with Crippen molar-refractivity contribution in [2.24, 2.45) is 0 Å². The number of anilines is 1. The normalized spacial score (nSPS) is 13.1. The Kier molecular flexibility index (Phi) is 6.14. The van der Waals surface area contributed by atoms with Gasteiger partial charge in [-0.2, -0.15) is 0 Å². The lowest BCUT2D eigenvalue weighted by Gasteiger charge is -2.12. The predicted molar refractivity (Wildman–Crippen MR) is 121 cm³/mol. The van der Waals surface area contributed by atoms with Gasteiger partial charge in [-0.05, 0) is 26.3 Å². The molecular formula is C20H22N6O4S2. The number of aromatic nitrogens is 4. The number of nitrogens with one attached hydrogen (secondary N) is 1. The third kappa shape index (κ3) is 4.32. The van der Waals surface area contributed by atoms with Crippen LogP contribution in [0.3, 0.4) is 0 Å². The minimum atomic E-state index is -3.34. The lowest BCUT2D eigenvalue weighted by atomic mass is 10.2. The summed E-state index contributed by atoms with van der Waals surface area (Å²) in [6, 6.07) is 3.57. The maximum absolute atomic E-state index is 12.0. The van der Waals surface area contributed by atoms with Crippen molar-refractivity contribution in [1.82, 2.24) is 24.2 Å². The molecule has 3 N–H and O–H groups in total. The smallest absolute Gasteiger partial charge is 0.231 e. The molecule has 0 bridgehead atoms. The Balaban J connectivity index is 1.64. The van der Waals surface area contributed by atoms with Crippen molar-refractivity contribution in [2.75, 3.05) is 19.1 Å². The maximum Gasteiger partial charge on any atom is 0.231 e. The van der Waals surface area contributed by atoms with Crippen LogP contribution in [0.2, 0.25) is 0 Å². The third-order valence-corrected chi connectivity index (χ3v) is 7.74. The number of hydrogen-bond acceptors (Lipinski definition) is 9. The van der Waals surface area contributed by atoms with Crippen LogP contribution in [0.5, 0.6) is 11.5 Å². The van der Waals surface area contributed by atoms with E-state index < -0.39 is 15.3 Å². The molecule has 2 aromatic heterocycles. The van der Waals surface area contributed by atoms with Gasteiger partial charge in [0.05, 0.1) is 5.25 Å². The second-order valence-corrected chi connectivity index (χ2v) is 10.6. The first kappa shape index (κ1) is 22.2. The van der Waals surface area contributed by atoms with Gasteiger partial charge < -0.3 is 19.8 Å². The van der Waals surface area contributed by atoms with Gasteiger partial charge in [-0.3, -0.25) is 0 Å². The number of sulfonamides is 1. The second-order valence-electron chi connectivity index (χ2n) is 7.27. The zero-order valence-corrected chi connectivity index (χ0v) is 19.2. The van der Waals surface area contributed by atoms with Gasteiger partial charge in [-0.1, -0.05) is 17.7 Å². The molecule has 3 heterocycles. The molecular weight excluding hydrogens is 452 g/mol. The number of nitrogens with zero attached hydrogens (tertiary/aromatic N) is 4. The number of terminal acetylenes is 1. The van der Waals surface area contributed by atoms with Gasteiger partial charge in [-0.25, -0.2) is 28.1 Å². The molecule has 0 unspecified atom stereocenters. The van der Waals surface area contributed by atoms with Crippen LogP contribution < -0.4 is 19.9 Å². The molecule has 0 spiro atoms. The summed E-state index contributed by atoms with van der Waals surface area (Å²) in [5.74, 6) is 4.14. The third-order valence-electron chi connectivity index (χ3n) is 4.84. The van der Waals surface area contributed by atoms with E-state index in [9.17, 15) is 8.42 Å². The monoisotopic (exact) mass is 474 g/mol. The summed E-state index contributed by atoms with van der Waals surface area (Å²) in [4.78, 5) is 13.7. The summed E-state index contributed by atoms with van der Waals surface area (Å²) in [6.45, 7) is 4.16. The number of nitrogens with two attached hydrogens (primary N) is 1. The fourth-order valence-corrected chi connectivity index (χ4v) is 4.83. The largest absolute Gasteiger partial charge is 0.454 e. The first-order chi connectivity index (χ1) is 15.3. The number of imidazole rings is 1. The molecule has 1 aliphatic heterocycles. The van der Waals surface area contributed by atoms with E-state index in [1.54, 1.807) is 19.9 Å². The maximum atomic E-state index is 12.0. The first-order valence-electron chi connectivity index (χ1n) is 9.83. The molecule has 0 saturated heterocycles. The molecule has 1 aromatic carbocycles. The zero-order chi connectivity index (χ0) is 22.9. The van der Waals surface area contributed by atoms with Gasteiger partial charge in [0.1, 0.15) is 6.33 Å². The highest BCUT2D eigenvalue weighted by molar-refractivity contribution is 7.99. The minimum Gasteiger partial charge on any atom is -0.454 e. The van der Waals surface area contributed by atoms with Crippen molar-refractivity contribution in [3.8, 4) is 23.8 Å².